The Kier molecular flexibility index (Phi) is 4.63. The van der Waals surface area contributed by atoms with Gasteiger partial charge in [-0.05, 0) is 43.3 Å². The summed E-state index contributed by atoms with van der Waals surface area (Å²) < 4.78 is 13.4. The molecule has 0 spiro atoms. The number of aryl methyl sites for hydroxylation is 1. The van der Waals surface area contributed by atoms with Crippen molar-refractivity contribution in [1.82, 2.24) is 4.98 Å². The molecule has 1 N–H and O–H groups in total. The van der Waals surface area contributed by atoms with Crippen LogP contribution in [0.15, 0.2) is 36.4 Å². The average Bonchev–Trinajstić information content (AvgIpc) is 2.52. The van der Waals surface area contributed by atoms with Gasteiger partial charge in [-0.25, -0.2) is 4.39 Å². The van der Waals surface area contributed by atoms with E-state index in [0.29, 0.717) is 32.9 Å². The van der Waals surface area contributed by atoms with E-state index in [-0.39, 0.29) is 10.0 Å². The lowest BCUT2D eigenvalue weighted by atomic mass is 10.1. The third-order valence-corrected chi connectivity index (χ3v) is 4.51. The van der Waals surface area contributed by atoms with E-state index in [0.717, 1.165) is 0 Å². The Labute approximate surface area is 152 Å². The molecule has 0 atom stereocenters. The molecule has 3 aromatic rings. The zero-order valence-corrected chi connectivity index (χ0v) is 14.6. The number of rotatable bonds is 2. The van der Waals surface area contributed by atoms with Crippen molar-refractivity contribution in [3.8, 4) is 0 Å². The highest BCUT2D eigenvalue weighted by atomic mass is 35.5. The molecule has 0 radical (unpaired) electrons. The van der Waals surface area contributed by atoms with Crippen molar-refractivity contribution in [2.24, 2.45) is 0 Å². The summed E-state index contributed by atoms with van der Waals surface area (Å²) in [6.07, 6.45) is 0. The molecule has 0 fully saturated rings. The summed E-state index contributed by atoms with van der Waals surface area (Å²) in [6, 6.07) is 8.71. The number of aromatic nitrogens is 1. The van der Waals surface area contributed by atoms with Gasteiger partial charge in [-0.3, -0.25) is 9.78 Å². The number of benzene rings is 2. The van der Waals surface area contributed by atoms with E-state index in [1.54, 1.807) is 19.1 Å². The molecule has 122 valence electrons. The van der Waals surface area contributed by atoms with Crippen LogP contribution in [0.2, 0.25) is 15.1 Å². The van der Waals surface area contributed by atoms with Crippen LogP contribution < -0.4 is 5.32 Å². The third kappa shape index (κ3) is 3.31. The second-order valence-corrected chi connectivity index (χ2v) is 6.38. The molecule has 0 aliphatic rings. The first-order valence-electron chi connectivity index (χ1n) is 6.88. The summed E-state index contributed by atoms with van der Waals surface area (Å²) in [5, 5.41) is 4.02. The van der Waals surface area contributed by atoms with Gasteiger partial charge in [-0.2, -0.15) is 0 Å². The normalized spacial score (nSPS) is 10.9. The van der Waals surface area contributed by atoms with E-state index in [4.69, 9.17) is 34.8 Å². The molecule has 1 heterocycles. The molecule has 24 heavy (non-hydrogen) atoms. The van der Waals surface area contributed by atoms with Crippen molar-refractivity contribution < 1.29 is 9.18 Å². The topological polar surface area (TPSA) is 42.0 Å². The van der Waals surface area contributed by atoms with Gasteiger partial charge in [0.25, 0.3) is 5.91 Å². The molecule has 0 unspecified atom stereocenters. The van der Waals surface area contributed by atoms with E-state index < -0.39 is 11.7 Å². The number of amides is 1. The van der Waals surface area contributed by atoms with Gasteiger partial charge in [0.2, 0.25) is 0 Å². The Morgan fingerprint density at radius 3 is 2.50 bits per heavy atom. The summed E-state index contributed by atoms with van der Waals surface area (Å²) in [6.45, 7) is 1.70. The number of nitrogens with zero attached hydrogens (tertiary/aromatic N) is 1. The van der Waals surface area contributed by atoms with E-state index in [2.05, 4.69) is 10.3 Å². The van der Waals surface area contributed by atoms with Crippen LogP contribution in [0, 0.1) is 12.7 Å². The highest BCUT2D eigenvalue weighted by Crippen LogP contribution is 2.32. The van der Waals surface area contributed by atoms with Crippen molar-refractivity contribution in [3.63, 3.8) is 0 Å². The number of halogens is 4. The maximum absolute atomic E-state index is 13.4. The van der Waals surface area contributed by atoms with Gasteiger partial charge in [0.1, 0.15) is 5.82 Å². The SMILES string of the molecule is Cc1nc2ccc(F)cc2cc1C(=O)Nc1cc(Cl)c(Cl)cc1Cl. The minimum atomic E-state index is -0.425. The lowest BCUT2D eigenvalue weighted by Crippen LogP contribution is -2.14. The lowest BCUT2D eigenvalue weighted by Gasteiger charge is -2.11. The molecule has 0 aliphatic carbocycles. The summed E-state index contributed by atoms with van der Waals surface area (Å²) in [4.78, 5) is 16.9. The van der Waals surface area contributed by atoms with Crippen LogP contribution in [0.1, 0.15) is 16.1 Å². The largest absolute Gasteiger partial charge is 0.321 e. The third-order valence-electron chi connectivity index (χ3n) is 3.47. The quantitative estimate of drug-likeness (QED) is 0.560. The molecule has 3 nitrogen and oxygen atoms in total. The fraction of sp³-hybridized carbons (Fsp3) is 0.0588. The van der Waals surface area contributed by atoms with Crippen molar-refractivity contribution in [2.75, 3.05) is 5.32 Å². The maximum atomic E-state index is 13.4. The zero-order valence-electron chi connectivity index (χ0n) is 12.3. The Bertz CT molecular complexity index is 976. The van der Waals surface area contributed by atoms with Gasteiger partial charge in [-0.1, -0.05) is 34.8 Å². The fourth-order valence-corrected chi connectivity index (χ4v) is 2.88. The van der Waals surface area contributed by atoms with Gasteiger partial charge in [0, 0.05) is 5.39 Å². The molecule has 3 rings (SSSR count). The van der Waals surface area contributed by atoms with Crippen LogP contribution >= 0.6 is 34.8 Å². The molecular formula is C17H10Cl3FN2O. The molecule has 0 bridgehead atoms. The Morgan fingerprint density at radius 2 is 1.75 bits per heavy atom. The Hall–Kier alpha value is -1.88. The van der Waals surface area contributed by atoms with E-state index in [9.17, 15) is 9.18 Å². The monoisotopic (exact) mass is 382 g/mol. The van der Waals surface area contributed by atoms with Crippen LogP contribution in [-0.2, 0) is 0 Å². The van der Waals surface area contributed by atoms with Gasteiger partial charge in [0.15, 0.2) is 0 Å². The molecule has 0 saturated heterocycles. The van der Waals surface area contributed by atoms with Crippen LogP contribution in [-0.4, -0.2) is 10.9 Å². The first-order valence-corrected chi connectivity index (χ1v) is 8.01. The van der Waals surface area contributed by atoms with E-state index in [1.807, 2.05) is 0 Å². The lowest BCUT2D eigenvalue weighted by molar-refractivity contribution is 0.102. The number of hydrogen-bond acceptors (Lipinski definition) is 2. The number of pyridine rings is 1. The molecule has 1 aromatic heterocycles. The highest BCUT2D eigenvalue weighted by molar-refractivity contribution is 6.44. The predicted octanol–water partition coefficient (Wildman–Crippen LogP) is 5.89. The molecule has 0 aliphatic heterocycles. The van der Waals surface area contributed by atoms with Crippen LogP contribution in [0.3, 0.4) is 0 Å². The second kappa shape index (κ2) is 6.55. The van der Waals surface area contributed by atoms with E-state index in [1.165, 1.54) is 24.3 Å². The first-order chi connectivity index (χ1) is 11.3. The summed E-state index contributed by atoms with van der Waals surface area (Å²) in [5.74, 6) is -0.821. The maximum Gasteiger partial charge on any atom is 0.257 e. The Morgan fingerprint density at radius 1 is 1.04 bits per heavy atom. The highest BCUT2D eigenvalue weighted by Gasteiger charge is 2.15. The smallest absolute Gasteiger partial charge is 0.257 e. The van der Waals surface area contributed by atoms with Gasteiger partial charge in [0.05, 0.1) is 37.5 Å². The standard InChI is InChI=1S/C17H10Cl3FN2O/c1-8-11(5-9-4-10(21)2-3-15(9)22-8)17(24)23-16-7-13(19)12(18)6-14(16)20/h2-7H,1H3,(H,23,24). The summed E-state index contributed by atoms with van der Waals surface area (Å²) >= 11 is 17.9. The van der Waals surface area contributed by atoms with Crippen molar-refractivity contribution in [2.45, 2.75) is 6.92 Å². The van der Waals surface area contributed by atoms with Gasteiger partial charge in [-0.15, -0.1) is 0 Å². The van der Waals surface area contributed by atoms with Crippen molar-refractivity contribution in [3.05, 3.63) is 68.5 Å². The van der Waals surface area contributed by atoms with Gasteiger partial charge < -0.3 is 5.32 Å². The minimum Gasteiger partial charge on any atom is -0.321 e. The van der Waals surface area contributed by atoms with Crippen LogP contribution in [0.25, 0.3) is 10.9 Å². The Balaban J connectivity index is 1.99. The minimum absolute atomic E-state index is 0.259. The molecule has 7 heteroatoms. The number of carbonyl (C=O) groups excluding carboxylic acids is 1. The van der Waals surface area contributed by atoms with Crippen LogP contribution in [0.5, 0.6) is 0 Å². The average molecular weight is 384 g/mol. The second-order valence-electron chi connectivity index (χ2n) is 5.16. The molecular weight excluding hydrogens is 374 g/mol. The van der Waals surface area contributed by atoms with Crippen molar-refractivity contribution in [1.29, 1.82) is 0 Å². The number of hydrogen-bond donors (Lipinski definition) is 1. The zero-order chi connectivity index (χ0) is 17.4. The van der Waals surface area contributed by atoms with E-state index >= 15 is 0 Å². The predicted molar refractivity (Wildman–Crippen MR) is 95.9 cm³/mol. The van der Waals surface area contributed by atoms with Crippen LogP contribution in [0.4, 0.5) is 10.1 Å². The molecule has 2 aromatic carbocycles. The fourth-order valence-electron chi connectivity index (χ4n) is 2.28. The number of nitrogens with one attached hydrogen (secondary N) is 1. The number of anilines is 1. The number of fused-ring (bicyclic) bond motifs is 1. The number of carbonyl (C=O) groups is 1. The molecule has 0 saturated carbocycles. The molecule has 1 amide bonds. The summed E-state index contributed by atoms with van der Waals surface area (Å²) in [5.41, 5.74) is 1.77. The van der Waals surface area contributed by atoms with Crippen molar-refractivity contribution >= 4 is 57.3 Å². The van der Waals surface area contributed by atoms with Gasteiger partial charge >= 0.3 is 0 Å². The summed E-state index contributed by atoms with van der Waals surface area (Å²) in [7, 11) is 0. The first kappa shape index (κ1) is 17.0.